The number of piperidine rings is 1. The maximum atomic E-state index is 5.82. The zero-order valence-corrected chi connectivity index (χ0v) is 9.82. The van der Waals surface area contributed by atoms with Crippen molar-refractivity contribution in [2.24, 2.45) is 0 Å². The molecule has 3 nitrogen and oxygen atoms in total. The molecule has 2 aliphatic rings. The number of nitrogens with one attached hydrogen (secondary N) is 2. The van der Waals surface area contributed by atoms with Gasteiger partial charge in [-0.25, -0.2) is 0 Å². The first-order valence-electron chi connectivity index (χ1n) is 5.36. The van der Waals surface area contributed by atoms with Crippen molar-refractivity contribution in [3.05, 3.63) is 0 Å². The molecule has 0 aliphatic carbocycles. The Hall–Kier alpha value is 0.170. The molecule has 2 fully saturated rings. The van der Waals surface area contributed by atoms with Crippen molar-refractivity contribution in [2.75, 3.05) is 13.2 Å². The zero-order valence-electron chi connectivity index (χ0n) is 9.01. The van der Waals surface area contributed by atoms with E-state index >= 15 is 0 Å². The molecule has 14 heavy (non-hydrogen) atoms. The summed E-state index contributed by atoms with van der Waals surface area (Å²) in [6, 6.07) is 0.986. The SMILES string of the molecule is CC1COC(C)(C2CCCCN2)N1.Cl. The molecule has 2 heterocycles. The largest absolute Gasteiger partial charge is 0.358 e. The first kappa shape index (κ1) is 12.2. The summed E-state index contributed by atoms with van der Waals surface area (Å²) >= 11 is 0. The number of halogens is 1. The van der Waals surface area contributed by atoms with Crippen LogP contribution in [-0.4, -0.2) is 31.0 Å². The standard InChI is InChI=1S/C10H20N2O.ClH/c1-8-7-13-10(2,12-8)9-5-3-4-6-11-9;/h8-9,11-12H,3-7H2,1-2H3;1H. The summed E-state index contributed by atoms with van der Waals surface area (Å²) in [6.07, 6.45) is 3.87. The molecule has 0 aromatic heterocycles. The van der Waals surface area contributed by atoms with Gasteiger partial charge in [0.1, 0.15) is 5.72 Å². The number of hydrogen-bond acceptors (Lipinski definition) is 3. The summed E-state index contributed by atoms with van der Waals surface area (Å²) in [5.74, 6) is 0. The average molecular weight is 221 g/mol. The summed E-state index contributed by atoms with van der Waals surface area (Å²) < 4.78 is 5.82. The lowest BCUT2D eigenvalue weighted by atomic mass is 9.96. The number of hydrogen-bond donors (Lipinski definition) is 2. The van der Waals surface area contributed by atoms with Gasteiger partial charge >= 0.3 is 0 Å². The molecule has 0 bridgehead atoms. The fourth-order valence-electron chi connectivity index (χ4n) is 2.39. The molecule has 3 unspecified atom stereocenters. The topological polar surface area (TPSA) is 33.3 Å². The minimum absolute atomic E-state index is 0. The van der Waals surface area contributed by atoms with Crippen LogP contribution in [0.3, 0.4) is 0 Å². The van der Waals surface area contributed by atoms with E-state index in [9.17, 15) is 0 Å². The minimum atomic E-state index is -0.125. The van der Waals surface area contributed by atoms with Gasteiger partial charge in [0.25, 0.3) is 0 Å². The van der Waals surface area contributed by atoms with Crippen molar-refractivity contribution >= 4 is 12.4 Å². The van der Waals surface area contributed by atoms with E-state index in [0.717, 1.165) is 13.2 Å². The van der Waals surface area contributed by atoms with E-state index in [1.165, 1.54) is 19.3 Å². The van der Waals surface area contributed by atoms with Gasteiger partial charge in [-0.2, -0.15) is 0 Å². The first-order chi connectivity index (χ1) is 6.21. The predicted octanol–water partition coefficient (Wildman–Crippen LogP) is 1.27. The molecule has 2 N–H and O–H groups in total. The van der Waals surface area contributed by atoms with Crippen molar-refractivity contribution in [3.8, 4) is 0 Å². The normalized spacial score (nSPS) is 43.3. The van der Waals surface area contributed by atoms with Gasteiger partial charge in [0.15, 0.2) is 0 Å². The molecule has 2 aliphatic heterocycles. The highest BCUT2D eigenvalue weighted by Gasteiger charge is 2.40. The Labute approximate surface area is 92.4 Å². The molecule has 0 saturated carbocycles. The van der Waals surface area contributed by atoms with E-state index in [-0.39, 0.29) is 18.1 Å². The molecule has 0 amide bonds. The van der Waals surface area contributed by atoms with Crippen molar-refractivity contribution < 1.29 is 4.74 Å². The molecule has 0 aromatic carbocycles. The Morgan fingerprint density at radius 3 is 2.64 bits per heavy atom. The molecule has 4 heteroatoms. The Bertz CT molecular complexity index is 185. The number of ether oxygens (including phenoxy) is 1. The monoisotopic (exact) mass is 220 g/mol. The van der Waals surface area contributed by atoms with Crippen LogP contribution >= 0.6 is 12.4 Å². The molecule has 2 rings (SSSR count). The van der Waals surface area contributed by atoms with E-state index in [2.05, 4.69) is 24.5 Å². The van der Waals surface area contributed by atoms with Crippen LogP contribution in [0, 0.1) is 0 Å². The van der Waals surface area contributed by atoms with E-state index in [4.69, 9.17) is 4.74 Å². The Morgan fingerprint density at radius 2 is 2.14 bits per heavy atom. The van der Waals surface area contributed by atoms with Crippen LogP contribution in [-0.2, 0) is 4.74 Å². The first-order valence-corrected chi connectivity index (χ1v) is 5.36. The van der Waals surface area contributed by atoms with E-state index in [0.29, 0.717) is 12.1 Å². The lowest BCUT2D eigenvalue weighted by Crippen LogP contribution is -2.58. The maximum absolute atomic E-state index is 5.82. The van der Waals surface area contributed by atoms with E-state index < -0.39 is 0 Å². The van der Waals surface area contributed by atoms with E-state index in [1.807, 2.05) is 0 Å². The summed E-state index contributed by atoms with van der Waals surface area (Å²) in [5.41, 5.74) is -0.125. The maximum Gasteiger partial charge on any atom is 0.132 e. The number of rotatable bonds is 1. The third kappa shape index (κ3) is 2.40. The summed E-state index contributed by atoms with van der Waals surface area (Å²) in [4.78, 5) is 0. The van der Waals surface area contributed by atoms with Gasteiger partial charge in [-0.3, -0.25) is 5.32 Å². The van der Waals surface area contributed by atoms with Gasteiger partial charge < -0.3 is 10.1 Å². The van der Waals surface area contributed by atoms with E-state index in [1.54, 1.807) is 0 Å². The minimum Gasteiger partial charge on any atom is -0.358 e. The van der Waals surface area contributed by atoms with Crippen LogP contribution in [0.2, 0.25) is 0 Å². The molecular formula is C10H21ClN2O. The molecule has 0 aromatic rings. The lowest BCUT2D eigenvalue weighted by molar-refractivity contribution is -0.0320. The zero-order chi connectivity index (χ0) is 9.31. The van der Waals surface area contributed by atoms with Crippen molar-refractivity contribution in [1.82, 2.24) is 10.6 Å². The average Bonchev–Trinajstić information content (AvgIpc) is 2.49. The summed E-state index contributed by atoms with van der Waals surface area (Å²) in [7, 11) is 0. The molecular weight excluding hydrogens is 200 g/mol. The van der Waals surface area contributed by atoms with Gasteiger partial charge in [-0.15, -0.1) is 12.4 Å². The second-order valence-corrected chi connectivity index (χ2v) is 4.47. The van der Waals surface area contributed by atoms with Gasteiger partial charge in [0.2, 0.25) is 0 Å². The van der Waals surface area contributed by atoms with Gasteiger partial charge in [-0.1, -0.05) is 6.42 Å². The third-order valence-electron chi connectivity index (χ3n) is 3.14. The third-order valence-corrected chi connectivity index (χ3v) is 3.14. The second kappa shape index (κ2) is 4.79. The van der Waals surface area contributed by atoms with Crippen molar-refractivity contribution in [1.29, 1.82) is 0 Å². The molecule has 2 saturated heterocycles. The van der Waals surface area contributed by atoms with Crippen LogP contribution in [0.25, 0.3) is 0 Å². The van der Waals surface area contributed by atoms with Crippen LogP contribution in [0.1, 0.15) is 33.1 Å². The Balaban J connectivity index is 0.000000980. The Kier molecular flexibility index (Phi) is 4.19. The summed E-state index contributed by atoms with van der Waals surface area (Å²) in [6.45, 7) is 6.32. The second-order valence-electron chi connectivity index (χ2n) is 4.47. The van der Waals surface area contributed by atoms with Crippen molar-refractivity contribution in [3.63, 3.8) is 0 Å². The predicted molar refractivity (Wildman–Crippen MR) is 59.8 cm³/mol. The Morgan fingerprint density at radius 1 is 1.36 bits per heavy atom. The fraction of sp³-hybridized carbons (Fsp3) is 1.00. The quantitative estimate of drug-likeness (QED) is 0.699. The van der Waals surface area contributed by atoms with Gasteiger partial charge in [0.05, 0.1) is 6.61 Å². The van der Waals surface area contributed by atoms with Gasteiger partial charge in [0, 0.05) is 12.1 Å². The highest BCUT2D eigenvalue weighted by molar-refractivity contribution is 5.85. The van der Waals surface area contributed by atoms with Crippen LogP contribution in [0.5, 0.6) is 0 Å². The lowest BCUT2D eigenvalue weighted by Gasteiger charge is -2.37. The smallest absolute Gasteiger partial charge is 0.132 e. The van der Waals surface area contributed by atoms with Crippen LogP contribution in [0.4, 0.5) is 0 Å². The molecule has 0 radical (unpaired) electrons. The van der Waals surface area contributed by atoms with Crippen LogP contribution in [0.15, 0.2) is 0 Å². The highest BCUT2D eigenvalue weighted by Crippen LogP contribution is 2.24. The summed E-state index contributed by atoms with van der Waals surface area (Å²) in [5, 5.41) is 7.05. The molecule has 3 atom stereocenters. The van der Waals surface area contributed by atoms with Crippen molar-refractivity contribution in [2.45, 2.75) is 50.9 Å². The molecule has 84 valence electrons. The fourth-order valence-corrected chi connectivity index (χ4v) is 2.39. The van der Waals surface area contributed by atoms with Crippen LogP contribution < -0.4 is 10.6 Å². The highest BCUT2D eigenvalue weighted by atomic mass is 35.5. The molecule has 0 spiro atoms. The van der Waals surface area contributed by atoms with Gasteiger partial charge in [-0.05, 0) is 33.2 Å².